The van der Waals surface area contributed by atoms with Crippen LogP contribution in [0.2, 0.25) is 0 Å². The molecular weight excluding hydrogens is 162 g/mol. The van der Waals surface area contributed by atoms with Crippen molar-refractivity contribution in [3.05, 3.63) is 29.8 Å². The highest BCUT2D eigenvalue weighted by Crippen LogP contribution is 2.13. The van der Waals surface area contributed by atoms with Gasteiger partial charge in [-0.05, 0) is 30.5 Å². The van der Waals surface area contributed by atoms with E-state index in [1.807, 2.05) is 12.1 Å². The smallest absolute Gasteiger partial charge is 0.115 e. The number of rotatable bonds is 4. The molecule has 0 bridgehead atoms. The number of hydrogen-bond acceptors (Lipinski definition) is 2. The van der Waals surface area contributed by atoms with Crippen LogP contribution < -0.4 is 5.73 Å². The minimum Gasteiger partial charge on any atom is -0.508 e. The molecule has 1 unspecified atom stereocenters. The van der Waals surface area contributed by atoms with E-state index in [9.17, 15) is 5.11 Å². The number of nitrogens with two attached hydrogens (primary N) is 1. The molecule has 0 amide bonds. The molecule has 0 fully saturated rings. The molecule has 0 aliphatic heterocycles. The summed E-state index contributed by atoms with van der Waals surface area (Å²) in [6.07, 6.45) is 3.00. The van der Waals surface area contributed by atoms with E-state index in [2.05, 4.69) is 6.92 Å². The summed E-state index contributed by atoms with van der Waals surface area (Å²) >= 11 is 0. The summed E-state index contributed by atoms with van der Waals surface area (Å²) in [5.41, 5.74) is 7.00. The van der Waals surface area contributed by atoms with Gasteiger partial charge in [0.1, 0.15) is 5.75 Å². The van der Waals surface area contributed by atoms with Gasteiger partial charge in [-0.1, -0.05) is 25.5 Å². The Morgan fingerprint density at radius 1 is 1.46 bits per heavy atom. The van der Waals surface area contributed by atoms with Gasteiger partial charge in [0.2, 0.25) is 0 Å². The molecular formula is C11H17NO. The maximum absolute atomic E-state index is 9.22. The SMILES string of the molecule is CCCC(N)Cc1cccc(O)c1. The lowest BCUT2D eigenvalue weighted by Crippen LogP contribution is -2.22. The Morgan fingerprint density at radius 2 is 2.23 bits per heavy atom. The lowest BCUT2D eigenvalue weighted by atomic mass is 10.0. The van der Waals surface area contributed by atoms with E-state index in [0.717, 1.165) is 24.8 Å². The summed E-state index contributed by atoms with van der Waals surface area (Å²) in [6, 6.07) is 7.51. The predicted octanol–water partition coefficient (Wildman–Crippen LogP) is 2.06. The molecule has 0 radical (unpaired) electrons. The number of hydrogen-bond donors (Lipinski definition) is 2. The van der Waals surface area contributed by atoms with Crippen LogP contribution in [0.4, 0.5) is 0 Å². The van der Waals surface area contributed by atoms with Gasteiger partial charge in [0, 0.05) is 6.04 Å². The molecule has 2 nitrogen and oxygen atoms in total. The van der Waals surface area contributed by atoms with Gasteiger partial charge in [-0.3, -0.25) is 0 Å². The van der Waals surface area contributed by atoms with Crippen molar-refractivity contribution in [1.82, 2.24) is 0 Å². The van der Waals surface area contributed by atoms with Crippen LogP contribution in [0.1, 0.15) is 25.3 Å². The molecule has 0 aromatic heterocycles. The van der Waals surface area contributed by atoms with Crippen molar-refractivity contribution < 1.29 is 5.11 Å². The van der Waals surface area contributed by atoms with Crippen molar-refractivity contribution >= 4 is 0 Å². The van der Waals surface area contributed by atoms with E-state index in [1.165, 1.54) is 0 Å². The van der Waals surface area contributed by atoms with Crippen molar-refractivity contribution in [2.24, 2.45) is 5.73 Å². The van der Waals surface area contributed by atoms with Crippen LogP contribution in [0.5, 0.6) is 5.75 Å². The Balaban J connectivity index is 2.53. The molecule has 3 N–H and O–H groups in total. The van der Waals surface area contributed by atoms with Crippen LogP contribution in [0, 0.1) is 0 Å². The highest BCUT2D eigenvalue weighted by atomic mass is 16.3. The normalized spacial score (nSPS) is 12.8. The van der Waals surface area contributed by atoms with Crippen LogP contribution in [-0.4, -0.2) is 11.1 Å². The molecule has 1 aromatic rings. The van der Waals surface area contributed by atoms with Gasteiger partial charge in [-0.2, -0.15) is 0 Å². The largest absolute Gasteiger partial charge is 0.508 e. The van der Waals surface area contributed by atoms with Crippen molar-refractivity contribution in [3.63, 3.8) is 0 Å². The van der Waals surface area contributed by atoms with Gasteiger partial charge in [0.15, 0.2) is 0 Å². The maximum Gasteiger partial charge on any atom is 0.115 e. The van der Waals surface area contributed by atoms with Crippen molar-refractivity contribution in [3.8, 4) is 5.75 Å². The Hall–Kier alpha value is -1.02. The van der Waals surface area contributed by atoms with Crippen LogP contribution in [0.25, 0.3) is 0 Å². The first-order valence-electron chi connectivity index (χ1n) is 4.76. The van der Waals surface area contributed by atoms with Crippen molar-refractivity contribution in [1.29, 1.82) is 0 Å². The van der Waals surface area contributed by atoms with Gasteiger partial charge >= 0.3 is 0 Å². The van der Waals surface area contributed by atoms with Gasteiger partial charge < -0.3 is 10.8 Å². The van der Waals surface area contributed by atoms with Crippen molar-refractivity contribution in [2.75, 3.05) is 0 Å². The van der Waals surface area contributed by atoms with Crippen LogP contribution in [-0.2, 0) is 6.42 Å². The molecule has 0 saturated carbocycles. The Morgan fingerprint density at radius 3 is 2.85 bits per heavy atom. The van der Waals surface area contributed by atoms with Crippen LogP contribution >= 0.6 is 0 Å². The fourth-order valence-electron chi connectivity index (χ4n) is 1.46. The quantitative estimate of drug-likeness (QED) is 0.743. The molecule has 2 heteroatoms. The number of phenols is 1. The first-order valence-corrected chi connectivity index (χ1v) is 4.76. The Bertz CT molecular complexity index is 260. The predicted molar refractivity (Wildman–Crippen MR) is 54.7 cm³/mol. The second-order valence-corrected chi connectivity index (χ2v) is 3.42. The van der Waals surface area contributed by atoms with E-state index >= 15 is 0 Å². The number of phenolic OH excluding ortho intramolecular Hbond substituents is 1. The van der Waals surface area contributed by atoms with Gasteiger partial charge in [-0.15, -0.1) is 0 Å². The summed E-state index contributed by atoms with van der Waals surface area (Å²) in [6.45, 7) is 2.13. The van der Waals surface area contributed by atoms with E-state index in [1.54, 1.807) is 12.1 Å². The molecule has 1 rings (SSSR count). The van der Waals surface area contributed by atoms with E-state index in [-0.39, 0.29) is 6.04 Å². The molecule has 0 spiro atoms. The monoisotopic (exact) mass is 179 g/mol. The van der Waals surface area contributed by atoms with Gasteiger partial charge in [0.25, 0.3) is 0 Å². The molecule has 0 heterocycles. The average Bonchev–Trinajstić information content (AvgIpc) is 2.04. The zero-order chi connectivity index (χ0) is 9.68. The zero-order valence-electron chi connectivity index (χ0n) is 8.03. The first kappa shape index (κ1) is 10.1. The molecule has 0 saturated heterocycles. The third kappa shape index (κ3) is 3.47. The first-order chi connectivity index (χ1) is 6.22. The summed E-state index contributed by atoms with van der Waals surface area (Å²) in [5.74, 6) is 0.321. The summed E-state index contributed by atoms with van der Waals surface area (Å²) in [4.78, 5) is 0. The summed E-state index contributed by atoms with van der Waals surface area (Å²) in [7, 11) is 0. The minimum atomic E-state index is 0.215. The highest BCUT2D eigenvalue weighted by Gasteiger charge is 2.02. The van der Waals surface area contributed by atoms with Crippen LogP contribution in [0.3, 0.4) is 0 Å². The Labute approximate surface area is 79.4 Å². The molecule has 1 atom stereocenters. The van der Waals surface area contributed by atoms with E-state index in [4.69, 9.17) is 5.73 Å². The number of benzene rings is 1. The fourth-order valence-corrected chi connectivity index (χ4v) is 1.46. The fraction of sp³-hybridized carbons (Fsp3) is 0.455. The standard InChI is InChI=1S/C11H17NO/c1-2-4-10(12)7-9-5-3-6-11(13)8-9/h3,5-6,8,10,13H,2,4,7,12H2,1H3. The average molecular weight is 179 g/mol. The zero-order valence-corrected chi connectivity index (χ0v) is 8.03. The van der Waals surface area contributed by atoms with E-state index < -0.39 is 0 Å². The second kappa shape index (κ2) is 4.87. The lowest BCUT2D eigenvalue weighted by Gasteiger charge is -2.09. The molecule has 0 aliphatic carbocycles. The van der Waals surface area contributed by atoms with Crippen molar-refractivity contribution in [2.45, 2.75) is 32.2 Å². The molecule has 1 aromatic carbocycles. The lowest BCUT2D eigenvalue weighted by molar-refractivity contribution is 0.474. The van der Waals surface area contributed by atoms with Gasteiger partial charge in [0.05, 0.1) is 0 Å². The highest BCUT2D eigenvalue weighted by molar-refractivity contribution is 5.27. The summed E-state index contributed by atoms with van der Waals surface area (Å²) in [5, 5.41) is 9.22. The van der Waals surface area contributed by atoms with E-state index in [0.29, 0.717) is 5.75 Å². The third-order valence-electron chi connectivity index (χ3n) is 2.07. The summed E-state index contributed by atoms with van der Waals surface area (Å²) < 4.78 is 0. The molecule has 13 heavy (non-hydrogen) atoms. The molecule has 0 aliphatic rings. The minimum absolute atomic E-state index is 0.215. The maximum atomic E-state index is 9.22. The molecule has 72 valence electrons. The van der Waals surface area contributed by atoms with Gasteiger partial charge in [-0.25, -0.2) is 0 Å². The number of aromatic hydroxyl groups is 1. The Kier molecular flexibility index (Phi) is 3.77. The van der Waals surface area contributed by atoms with Crippen LogP contribution in [0.15, 0.2) is 24.3 Å². The topological polar surface area (TPSA) is 46.2 Å². The third-order valence-corrected chi connectivity index (χ3v) is 2.07. The second-order valence-electron chi connectivity index (χ2n) is 3.42.